The monoisotopic (exact) mass is 140 g/mol. The third-order valence-electron chi connectivity index (χ3n) is 1.74. The van der Waals surface area contributed by atoms with Crippen molar-refractivity contribution in [3.63, 3.8) is 0 Å². The summed E-state index contributed by atoms with van der Waals surface area (Å²) in [6.07, 6.45) is 3.86. The SMILES string of the molecule is CC[C@H]1CC=C(C)C(=O)O1. The van der Waals surface area contributed by atoms with E-state index in [1.54, 1.807) is 6.92 Å². The van der Waals surface area contributed by atoms with Crippen molar-refractivity contribution in [3.8, 4) is 0 Å². The van der Waals surface area contributed by atoms with Crippen LogP contribution in [0.15, 0.2) is 11.6 Å². The first kappa shape index (κ1) is 7.32. The average molecular weight is 140 g/mol. The summed E-state index contributed by atoms with van der Waals surface area (Å²) in [5, 5.41) is 0. The molecule has 0 aliphatic carbocycles. The first-order valence-corrected chi connectivity index (χ1v) is 3.61. The Kier molecular flexibility index (Phi) is 2.10. The fourth-order valence-electron chi connectivity index (χ4n) is 0.934. The minimum Gasteiger partial charge on any atom is -0.459 e. The van der Waals surface area contributed by atoms with Crippen molar-refractivity contribution in [2.24, 2.45) is 0 Å². The molecule has 0 amide bonds. The van der Waals surface area contributed by atoms with Crippen LogP contribution in [-0.4, -0.2) is 12.1 Å². The van der Waals surface area contributed by atoms with Crippen LogP contribution in [0.2, 0.25) is 0 Å². The highest BCUT2D eigenvalue weighted by Crippen LogP contribution is 2.14. The van der Waals surface area contributed by atoms with Crippen LogP contribution in [0.5, 0.6) is 0 Å². The summed E-state index contributed by atoms with van der Waals surface area (Å²) in [6.45, 7) is 3.81. The Balaban J connectivity index is 2.59. The standard InChI is InChI=1S/C8H12O2/c1-3-7-5-4-6(2)8(9)10-7/h4,7H,3,5H2,1-2H3/t7-/m0/s1. The Morgan fingerprint density at radius 1 is 1.80 bits per heavy atom. The fourth-order valence-corrected chi connectivity index (χ4v) is 0.934. The molecular formula is C8H12O2. The molecule has 0 aromatic heterocycles. The number of ether oxygens (including phenoxy) is 1. The Labute approximate surface area is 60.9 Å². The summed E-state index contributed by atoms with van der Waals surface area (Å²) >= 11 is 0. The van der Waals surface area contributed by atoms with Gasteiger partial charge in [0.05, 0.1) is 0 Å². The van der Waals surface area contributed by atoms with Crippen LogP contribution in [0, 0.1) is 0 Å². The van der Waals surface area contributed by atoms with E-state index in [2.05, 4.69) is 0 Å². The third kappa shape index (κ3) is 1.38. The topological polar surface area (TPSA) is 26.3 Å². The molecule has 2 nitrogen and oxygen atoms in total. The van der Waals surface area contributed by atoms with Gasteiger partial charge in [-0.1, -0.05) is 13.0 Å². The molecule has 1 atom stereocenters. The zero-order chi connectivity index (χ0) is 7.56. The predicted molar refractivity (Wildman–Crippen MR) is 38.5 cm³/mol. The zero-order valence-corrected chi connectivity index (χ0v) is 6.39. The Morgan fingerprint density at radius 2 is 2.50 bits per heavy atom. The second-order valence-corrected chi connectivity index (χ2v) is 2.56. The Bertz CT molecular complexity index is 170. The van der Waals surface area contributed by atoms with Crippen LogP contribution < -0.4 is 0 Å². The Morgan fingerprint density at radius 3 is 3.00 bits per heavy atom. The maximum Gasteiger partial charge on any atom is 0.333 e. The molecule has 0 saturated heterocycles. The summed E-state index contributed by atoms with van der Waals surface area (Å²) in [7, 11) is 0. The van der Waals surface area contributed by atoms with Gasteiger partial charge < -0.3 is 4.74 Å². The molecule has 0 N–H and O–H groups in total. The normalized spacial score (nSPS) is 25.6. The second-order valence-electron chi connectivity index (χ2n) is 2.56. The van der Waals surface area contributed by atoms with Crippen LogP contribution in [0.25, 0.3) is 0 Å². The molecule has 0 spiro atoms. The van der Waals surface area contributed by atoms with Gasteiger partial charge in [-0.05, 0) is 13.3 Å². The molecule has 0 radical (unpaired) electrons. The molecule has 0 unspecified atom stereocenters. The number of carbonyl (C=O) groups excluding carboxylic acids is 1. The summed E-state index contributed by atoms with van der Waals surface area (Å²) < 4.78 is 5.04. The molecule has 2 heteroatoms. The summed E-state index contributed by atoms with van der Waals surface area (Å²) in [5.74, 6) is -0.155. The molecular weight excluding hydrogens is 128 g/mol. The van der Waals surface area contributed by atoms with E-state index < -0.39 is 0 Å². The highest BCUT2D eigenvalue weighted by atomic mass is 16.5. The van der Waals surface area contributed by atoms with Gasteiger partial charge in [0.25, 0.3) is 0 Å². The first-order chi connectivity index (χ1) is 4.74. The molecule has 0 bridgehead atoms. The van der Waals surface area contributed by atoms with E-state index in [9.17, 15) is 4.79 Å². The second kappa shape index (κ2) is 2.86. The van der Waals surface area contributed by atoms with Crippen molar-refractivity contribution >= 4 is 5.97 Å². The van der Waals surface area contributed by atoms with Crippen LogP contribution in [0.1, 0.15) is 26.7 Å². The lowest BCUT2D eigenvalue weighted by molar-refractivity contribution is -0.145. The summed E-state index contributed by atoms with van der Waals surface area (Å²) in [6, 6.07) is 0. The summed E-state index contributed by atoms with van der Waals surface area (Å²) in [5.41, 5.74) is 0.740. The molecule has 0 aromatic rings. The van der Waals surface area contributed by atoms with E-state index in [0.29, 0.717) is 0 Å². The third-order valence-corrected chi connectivity index (χ3v) is 1.74. The van der Waals surface area contributed by atoms with Crippen LogP contribution >= 0.6 is 0 Å². The largest absolute Gasteiger partial charge is 0.459 e. The molecule has 0 saturated carbocycles. The lowest BCUT2D eigenvalue weighted by Gasteiger charge is -2.18. The highest BCUT2D eigenvalue weighted by Gasteiger charge is 2.17. The van der Waals surface area contributed by atoms with Crippen molar-refractivity contribution in [1.82, 2.24) is 0 Å². The van der Waals surface area contributed by atoms with Crippen LogP contribution in [0.3, 0.4) is 0 Å². The summed E-state index contributed by atoms with van der Waals surface area (Å²) in [4.78, 5) is 10.9. The van der Waals surface area contributed by atoms with Gasteiger partial charge in [0.1, 0.15) is 6.10 Å². The lowest BCUT2D eigenvalue weighted by atomic mass is 10.1. The predicted octanol–water partition coefficient (Wildman–Crippen LogP) is 1.66. The van der Waals surface area contributed by atoms with Crippen molar-refractivity contribution in [2.45, 2.75) is 32.8 Å². The van der Waals surface area contributed by atoms with Gasteiger partial charge in [-0.3, -0.25) is 0 Å². The van der Waals surface area contributed by atoms with Crippen LogP contribution in [0.4, 0.5) is 0 Å². The van der Waals surface area contributed by atoms with E-state index in [4.69, 9.17) is 4.74 Å². The smallest absolute Gasteiger partial charge is 0.333 e. The van der Waals surface area contributed by atoms with E-state index in [1.165, 1.54) is 0 Å². The van der Waals surface area contributed by atoms with Gasteiger partial charge >= 0.3 is 5.97 Å². The van der Waals surface area contributed by atoms with Crippen molar-refractivity contribution in [2.75, 3.05) is 0 Å². The maximum absolute atomic E-state index is 10.9. The molecule has 0 aromatic carbocycles. The minimum atomic E-state index is -0.155. The highest BCUT2D eigenvalue weighted by molar-refractivity contribution is 5.88. The molecule has 1 heterocycles. The number of carbonyl (C=O) groups is 1. The Hall–Kier alpha value is -0.790. The van der Waals surface area contributed by atoms with Gasteiger partial charge in [-0.25, -0.2) is 4.79 Å². The number of esters is 1. The number of rotatable bonds is 1. The fraction of sp³-hybridized carbons (Fsp3) is 0.625. The number of hydrogen-bond donors (Lipinski definition) is 0. The van der Waals surface area contributed by atoms with Gasteiger partial charge in [-0.15, -0.1) is 0 Å². The van der Waals surface area contributed by atoms with Crippen molar-refractivity contribution in [3.05, 3.63) is 11.6 Å². The molecule has 0 fully saturated rings. The quantitative estimate of drug-likeness (QED) is 0.518. The molecule has 56 valence electrons. The van der Waals surface area contributed by atoms with Crippen molar-refractivity contribution < 1.29 is 9.53 Å². The van der Waals surface area contributed by atoms with Gasteiger partial charge in [0.15, 0.2) is 0 Å². The first-order valence-electron chi connectivity index (χ1n) is 3.61. The maximum atomic E-state index is 10.9. The van der Waals surface area contributed by atoms with E-state index >= 15 is 0 Å². The van der Waals surface area contributed by atoms with Crippen LogP contribution in [-0.2, 0) is 9.53 Å². The van der Waals surface area contributed by atoms with Gasteiger partial charge in [0, 0.05) is 12.0 Å². The average Bonchev–Trinajstić information content (AvgIpc) is 1.95. The lowest BCUT2D eigenvalue weighted by Crippen LogP contribution is -2.21. The number of cyclic esters (lactones) is 1. The van der Waals surface area contributed by atoms with E-state index in [0.717, 1.165) is 18.4 Å². The van der Waals surface area contributed by atoms with Crippen molar-refractivity contribution in [1.29, 1.82) is 0 Å². The number of hydrogen-bond acceptors (Lipinski definition) is 2. The zero-order valence-electron chi connectivity index (χ0n) is 6.39. The van der Waals surface area contributed by atoms with Gasteiger partial charge in [-0.2, -0.15) is 0 Å². The van der Waals surface area contributed by atoms with E-state index in [-0.39, 0.29) is 12.1 Å². The molecule has 1 aliphatic rings. The van der Waals surface area contributed by atoms with E-state index in [1.807, 2.05) is 13.0 Å². The molecule has 10 heavy (non-hydrogen) atoms. The minimum absolute atomic E-state index is 0.121. The molecule has 1 aliphatic heterocycles. The molecule has 1 rings (SSSR count). The van der Waals surface area contributed by atoms with Gasteiger partial charge in [0.2, 0.25) is 0 Å².